The summed E-state index contributed by atoms with van der Waals surface area (Å²) in [6, 6.07) is 8.14. The summed E-state index contributed by atoms with van der Waals surface area (Å²) in [7, 11) is 0. The van der Waals surface area contributed by atoms with Gasteiger partial charge in [0.1, 0.15) is 0 Å². The lowest BCUT2D eigenvalue weighted by Gasteiger charge is -2.32. The summed E-state index contributed by atoms with van der Waals surface area (Å²) in [6.07, 6.45) is 5.84. The van der Waals surface area contributed by atoms with E-state index in [1.807, 2.05) is 18.3 Å². The number of rotatable bonds is 3. The zero-order valence-electron chi connectivity index (χ0n) is 12.0. The summed E-state index contributed by atoms with van der Waals surface area (Å²) in [4.78, 5) is 7.10. The second-order valence-electron chi connectivity index (χ2n) is 5.76. The lowest BCUT2D eigenvalue weighted by atomic mass is 9.95. The van der Waals surface area contributed by atoms with Crippen LogP contribution >= 0.6 is 11.6 Å². The molecule has 1 aromatic carbocycles. The van der Waals surface area contributed by atoms with Crippen LogP contribution in [0.1, 0.15) is 31.7 Å². The molecule has 0 N–H and O–H groups in total. The van der Waals surface area contributed by atoms with Gasteiger partial charge in [-0.1, -0.05) is 31.0 Å². The third-order valence-corrected chi connectivity index (χ3v) is 4.70. The summed E-state index contributed by atoms with van der Waals surface area (Å²) in [6.45, 7) is 5.70. The predicted molar refractivity (Wildman–Crippen MR) is 85.0 cm³/mol. The molecule has 1 atom stereocenters. The Hall–Kier alpha value is -1.12. The molecule has 1 aliphatic rings. The molecule has 20 heavy (non-hydrogen) atoms. The predicted octanol–water partition coefficient (Wildman–Crippen LogP) is 4.51. The van der Waals surface area contributed by atoms with Crippen LogP contribution in [0, 0.1) is 5.92 Å². The quantitative estimate of drug-likeness (QED) is 0.826. The summed E-state index contributed by atoms with van der Waals surface area (Å²) in [5.41, 5.74) is 2.35. The third-order valence-electron chi connectivity index (χ3n) is 4.37. The molecule has 1 unspecified atom stereocenters. The average Bonchev–Trinajstić information content (AvgIpc) is 2.51. The van der Waals surface area contributed by atoms with E-state index in [0.717, 1.165) is 28.4 Å². The highest BCUT2D eigenvalue weighted by Crippen LogP contribution is 2.27. The van der Waals surface area contributed by atoms with Gasteiger partial charge >= 0.3 is 0 Å². The smallest absolute Gasteiger partial charge is 0.0761 e. The first-order valence-corrected chi connectivity index (χ1v) is 7.90. The Morgan fingerprint density at radius 3 is 3.10 bits per heavy atom. The van der Waals surface area contributed by atoms with E-state index in [1.165, 1.54) is 37.9 Å². The van der Waals surface area contributed by atoms with Crippen molar-refractivity contribution in [1.82, 2.24) is 9.88 Å². The second kappa shape index (κ2) is 6.11. The van der Waals surface area contributed by atoms with Crippen LogP contribution in [-0.4, -0.2) is 23.0 Å². The second-order valence-corrected chi connectivity index (χ2v) is 6.16. The molecular formula is C17H21ClN2. The zero-order chi connectivity index (χ0) is 13.9. The Labute approximate surface area is 125 Å². The monoisotopic (exact) mass is 288 g/mol. The van der Waals surface area contributed by atoms with E-state index in [-0.39, 0.29) is 0 Å². The van der Waals surface area contributed by atoms with Gasteiger partial charge < -0.3 is 0 Å². The summed E-state index contributed by atoms with van der Waals surface area (Å²) >= 11 is 6.26. The standard InChI is InChI=1S/C17H21ClN2/c1-2-13-5-4-10-20(11-13)12-14-7-8-16(18)15-6-3-9-19-17(14)15/h3,6-9,13H,2,4-5,10-12H2,1H3. The molecule has 0 radical (unpaired) electrons. The van der Waals surface area contributed by atoms with Crippen molar-refractivity contribution in [1.29, 1.82) is 0 Å². The fourth-order valence-corrected chi connectivity index (χ4v) is 3.41. The molecule has 1 aromatic heterocycles. The topological polar surface area (TPSA) is 16.1 Å². The number of likely N-dealkylation sites (tertiary alicyclic amines) is 1. The van der Waals surface area contributed by atoms with Crippen LogP contribution in [0.25, 0.3) is 10.9 Å². The highest BCUT2D eigenvalue weighted by Gasteiger charge is 2.19. The lowest BCUT2D eigenvalue weighted by molar-refractivity contribution is 0.165. The SMILES string of the molecule is CCC1CCCN(Cc2ccc(Cl)c3cccnc23)C1. The number of halogens is 1. The van der Waals surface area contributed by atoms with Crippen molar-refractivity contribution in [2.75, 3.05) is 13.1 Å². The van der Waals surface area contributed by atoms with E-state index >= 15 is 0 Å². The maximum absolute atomic E-state index is 6.26. The molecule has 3 rings (SSSR count). The molecule has 0 saturated carbocycles. The Bertz CT molecular complexity index is 597. The van der Waals surface area contributed by atoms with Gasteiger partial charge in [0.05, 0.1) is 5.52 Å². The van der Waals surface area contributed by atoms with Gasteiger partial charge in [-0.3, -0.25) is 9.88 Å². The minimum atomic E-state index is 0.793. The minimum absolute atomic E-state index is 0.793. The number of hydrogen-bond acceptors (Lipinski definition) is 2. The van der Waals surface area contributed by atoms with E-state index in [9.17, 15) is 0 Å². The number of nitrogens with zero attached hydrogens (tertiary/aromatic N) is 2. The van der Waals surface area contributed by atoms with Gasteiger partial charge in [0, 0.05) is 29.7 Å². The normalized spacial score (nSPS) is 20.4. The fourth-order valence-electron chi connectivity index (χ4n) is 3.19. The number of hydrogen-bond donors (Lipinski definition) is 0. The maximum atomic E-state index is 6.26. The van der Waals surface area contributed by atoms with Crippen LogP contribution in [0.2, 0.25) is 5.02 Å². The molecule has 106 valence electrons. The number of fused-ring (bicyclic) bond motifs is 1. The lowest BCUT2D eigenvalue weighted by Crippen LogP contribution is -2.34. The molecule has 2 nitrogen and oxygen atoms in total. The van der Waals surface area contributed by atoms with Crippen LogP contribution in [0.15, 0.2) is 30.5 Å². The van der Waals surface area contributed by atoms with E-state index < -0.39 is 0 Å². The van der Waals surface area contributed by atoms with E-state index in [4.69, 9.17) is 11.6 Å². The van der Waals surface area contributed by atoms with Crippen molar-refractivity contribution in [3.63, 3.8) is 0 Å². The summed E-state index contributed by atoms with van der Waals surface area (Å²) < 4.78 is 0. The van der Waals surface area contributed by atoms with E-state index in [1.54, 1.807) is 0 Å². The van der Waals surface area contributed by atoms with E-state index in [0.29, 0.717) is 0 Å². The minimum Gasteiger partial charge on any atom is -0.299 e. The molecule has 1 aliphatic heterocycles. The Kier molecular flexibility index (Phi) is 4.23. The van der Waals surface area contributed by atoms with Gasteiger partial charge in [-0.15, -0.1) is 0 Å². The molecule has 0 spiro atoms. The largest absolute Gasteiger partial charge is 0.299 e. The van der Waals surface area contributed by atoms with Crippen LogP contribution < -0.4 is 0 Å². The highest BCUT2D eigenvalue weighted by atomic mass is 35.5. The number of pyridine rings is 1. The van der Waals surface area contributed by atoms with Crippen molar-refractivity contribution >= 4 is 22.5 Å². The van der Waals surface area contributed by atoms with Crippen molar-refractivity contribution in [2.24, 2.45) is 5.92 Å². The first-order valence-electron chi connectivity index (χ1n) is 7.52. The number of benzene rings is 1. The maximum Gasteiger partial charge on any atom is 0.0761 e. The van der Waals surface area contributed by atoms with Crippen LogP contribution in [-0.2, 0) is 6.54 Å². The molecule has 1 fully saturated rings. The molecule has 0 amide bonds. The van der Waals surface area contributed by atoms with Crippen LogP contribution in [0.3, 0.4) is 0 Å². The fraction of sp³-hybridized carbons (Fsp3) is 0.471. The Balaban J connectivity index is 1.86. The zero-order valence-corrected chi connectivity index (χ0v) is 12.7. The van der Waals surface area contributed by atoms with Crippen LogP contribution in [0.5, 0.6) is 0 Å². The third kappa shape index (κ3) is 2.82. The van der Waals surface area contributed by atoms with Crippen molar-refractivity contribution in [2.45, 2.75) is 32.7 Å². The van der Waals surface area contributed by atoms with Crippen molar-refractivity contribution < 1.29 is 0 Å². The summed E-state index contributed by atoms with van der Waals surface area (Å²) in [5.74, 6) is 0.857. The van der Waals surface area contributed by atoms with Gasteiger partial charge in [0.15, 0.2) is 0 Å². The average molecular weight is 289 g/mol. The van der Waals surface area contributed by atoms with Gasteiger partial charge in [-0.25, -0.2) is 0 Å². The van der Waals surface area contributed by atoms with Crippen molar-refractivity contribution in [3.8, 4) is 0 Å². The van der Waals surface area contributed by atoms with Gasteiger partial charge in [-0.2, -0.15) is 0 Å². The highest BCUT2D eigenvalue weighted by molar-refractivity contribution is 6.35. The molecule has 1 saturated heterocycles. The Morgan fingerprint density at radius 1 is 1.35 bits per heavy atom. The first-order chi connectivity index (χ1) is 9.78. The number of piperidine rings is 1. The molecular weight excluding hydrogens is 268 g/mol. The molecule has 2 heterocycles. The van der Waals surface area contributed by atoms with Gasteiger partial charge in [0.2, 0.25) is 0 Å². The van der Waals surface area contributed by atoms with Crippen LogP contribution in [0.4, 0.5) is 0 Å². The van der Waals surface area contributed by atoms with E-state index in [2.05, 4.69) is 28.9 Å². The number of aromatic nitrogens is 1. The summed E-state index contributed by atoms with van der Waals surface area (Å²) in [5, 5.41) is 1.86. The van der Waals surface area contributed by atoms with Crippen molar-refractivity contribution in [3.05, 3.63) is 41.0 Å². The Morgan fingerprint density at radius 2 is 2.25 bits per heavy atom. The molecule has 2 aromatic rings. The van der Waals surface area contributed by atoms with Gasteiger partial charge in [0.25, 0.3) is 0 Å². The first kappa shape index (κ1) is 13.8. The molecule has 0 aliphatic carbocycles. The molecule has 3 heteroatoms. The van der Waals surface area contributed by atoms with Gasteiger partial charge in [-0.05, 0) is 49.1 Å². The molecule has 0 bridgehead atoms.